The summed E-state index contributed by atoms with van der Waals surface area (Å²) in [4.78, 5) is 12.9. The number of amides is 1. The van der Waals surface area contributed by atoms with E-state index in [2.05, 4.69) is 141 Å². The summed E-state index contributed by atoms with van der Waals surface area (Å²) in [5.41, 5.74) is 0. The van der Waals surface area contributed by atoms with E-state index in [9.17, 15) is 30.3 Å². The van der Waals surface area contributed by atoms with E-state index in [4.69, 9.17) is 9.47 Å². The van der Waals surface area contributed by atoms with Crippen LogP contribution in [0.3, 0.4) is 0 Å². The maximum absolute atomic E-state index is 12.9. The molecule has 9 heteroatoms. The van der Waals surface area contributed by atoms with Crippen LogP contribution in [0.25, 0.3) is 0 Å². The number of rotatable bonds is 38. The Morgan fingerprint density at radius 3 is 1.44 bits per heavy atom. The molecule has 0 saturated carbocycles. The van der Waals surface area contributed by atoms with Crippen molar-refractivity contribution in [3.05, 3.63) is 122 Å². The van der Waals surface area contributed by atoms with Crippen LogP contribution in [0.4, 0.5) is 0 Å². The van der Waals surface area contributed by atoms with Crippen molar-refractivity contribution in [2.75, 3.05) is 13.2 Å². The Morgan fingerprint density at radius 2 is 0.984 bits per heavy atom. The smallest absolute Gasteiger partial charge is 0.220 e. The van der Waals surface area contributed by atoms with E-state index < -0.39 is 49.5 Å². The van der Waals surface area contributed by atoms with Gasteiger partial charge in [-0.3, -0.25) is 4.79 Å². The van der Waals surface area contributed by atoms with Gasteiger partial charge in [0.1, 0.15) is 24.4 Å². The van der Waals surface area contributed by atoms with Gasteiger partial charge in [0, 0.05) is 6.42 Å². The largest absolute Gasteiger partial charge is 0.394 e. The lowest BCUT2D eigenvalue weighted by Gasteiger charge is -2.40. The zero-order valence-corrected chi connectivity index (χ0v) is 39.0. The van der Waals surface area contributed by atoms with E-state index in [1.165, 1.54) is 0 Å². The number of hydrogen-bond donors (Lipinski definition) is 6. The summed E-state index contributed by atoms with van der Waals surface area (Å²) in [7, 11) is 0. The number of carbonyl (C=O) groups is 1. The molecule has 0 aromatic rings. The van der Waals surface area contributed by atoms with Crippen molar-refractivity contribution in [3.63, 3.8) is 0 Å². The fourth-order valence-corrected chi connectivity index (χ4v) is 6.71. The second kappa shape index (κ2) is 42.5. The quantitative estimate of drug-likeness (QED) is 0.0265. The van der Waals surface area contributed by atoms with Gasteiger partial charge >= 0.3 is 0 Å². The van der Waals surface area contributed by atoms with E-state index in [-0.39, 0.29) is 12.5 Å². The van der Waals surface area contributed by atoms with Gasteiger partial charge < -0.3 is 40.3 Å². The Labute approximate surface area is 382 Å². The first kappa shape index (κ1) is 57.6. The van der Waals surface area contributed by atoms with Crippen LogP contribution in [0.5, 0.6) is 0 Å². The maximum Gasteiger partial charge on any atom is 0.220 e. The van der Waals surface area contributed by atoms with Crippen LogP contribution in [0, 0.1) is 0 Å². The molecule has 1 aliphatic rings. The minimum atomic E-state index is -1.56. The third-order valence-electron chi connectivity index (χ3n) is 10.6. The summed E-state index contributed by atoms with van der Waals surface area (Å²) in [5.74, 6) is -0.183. The van der Waals surface area contributed by atoms with Crippen LogP contribution in [0.15, 0.2) is 122 Å². The number of hydrogen-bond acceptors (Lipinski definition) is 8. The minimum Gasteiger partial charge on any atom is -0.394 e. The lowest BCUT2D eigenvalue weighted by molar-refractivity contribution is -0.302. The predicted molar refractivity (Wildman–Crippen MR) is 262 cm³/mol. The van der Waals surface area contributed by atoms with E-state index in [1.54, 1.807) is 0 Å². The first-order valence-electron chi connectivity index (χ1n) is 24.2. The Morgan fingerprint density at radius 1 is 0.556 bits per heavy atom. The van der Waals surface area contributed by atoms with Crippen molar-refractivity contribution in [2.45, 2.75) is 198 Å². The highest BCUT2D eigenvalue weighted by molar-refractivity contribution is 5.76. The van der Waals surface area contributed by atoms with Crippen LogP contribution < -0.4 is 5.32 Å². The molecule has 63 heavy (non-hydrogen) atoms. The molecule has 0 aromatic heterocycles. The molecular weight excluding hydrogens is 791 g/mol. The standard InChI is InChI=1S/C54H87NO8/c1-3-5-7-9-10-11-12-13-14-15-16-17-18-19-20-21-22-23-24-25-26-27-28-29-30-31-32-33-34-35-36-37-38-40-42-44-50(58)55-47(48(57)43-41-39-8-6-4-2)46-62-54-53(61)52(60)51(59)49(45-56)63-54/h5,7,10-11,13-14,16-17,19-20,22-23,25-26,28-29,31-32,34-35,47-49,51-54,56-57,59-61H,3-4,6,8-9,12,15,18,21,24,27,30,33,36-46H2,1-2H3,(H,55,58)/b7-5-,11-10-,14-13-,17-16-,20-19-,23-22-,26-25-,29-28-,32-31-,35-34-. The molecule has 0 bridgehead atoms. The van der Waals surface area contributed by atoms with Gasteiger partial charge in [0.2, 0.25) is 5.91 Å². The van der Waals surface area contributed by atoms with Crippen LogP contribution in [0.1, 0.15) is 155 Å². The van der Waals surface area contributed by atoms with Gasteiger partial charge in [0.15, 0.2) is 6.29 Å². The predicted octanol–water partition coefficient (Wildman–Crippen LogP) is 10.8. The summed E-state index contributed by atoms with van der Waals surface area (Å²) in [6.07, 6.45) is 57.0. The lowest BCUT2D eigenvalue weighted by atomic mass is 9.99. The van der Waals surface area contributed by atoms with Gasteiger partial charge in [0.25, 0.3) is 0 Å². The molecule has 0 radical (unpaired) electrons. The van der Waals surface area contributed by atoms with Crippen molar-refractivity contribution in [3.8, 4) is 0 Å². The highest BCUT2D eigenvalue weighted by Crippen LogP contribution is 2.23. The molecule has 1 saturated heterocycles. The second-order valence-electron chi connectivity index (χ2n) is 16.2. The molecule has 0 aliphatic carbocycles. The molecule has 1 amide bonds. The second-order valence-corrected chi connectivity index (χ2v) is 16.2. The number of unbranched alkanes of at least 4 members (excludes halogenated alkanes) is 8. The van der Waals surface area contributed by atoms with Crippen LogP contribution in [-0.2, 0) is 14.3 Å². The van der Waals surface area contributed by atoms with Crippen LogP contribution in [0.2, 0.25) is 0 Å². The van der Waals surface area contributed by atoms with Crippen LogP contribution >= 0.6 is 0 Å². The summed E-state index contributed by atoms with van der Waals surface area (Å²) in [5, 5.41) is 53.8. The lowest BCUT2D eigenvalue weighted by Crippen LogP contribution is -2.60. The zero-order valence-electron chi connectivity index (χ0n) is 39.0. The summed E-state index contributed by atoms with van der Waals surface area (Å²) in [6.45, 7) is 3.58. The monoisotopic (exact) mass is 878 g/mol. The molecule has 6 N–H and O–H groups in total. The fraction of sp³-hybridized carbons (Fsp3) is 0.611. The van der Waals surface area contributed by atoms with Gasteiger partial charge in [-0.05, 0) is 89.9 Å². The minimum absolute atomic E-state index is 0.160. The van der Waals surface area contributed by atoms with Crippen molar-refractivity contribution in [1.29, 1.82) is 0 Å². The fourth-order valence-electron chi connectivity index (χ4n) is 6.71. The van der Waals surface area contributed by atoms with Gasteiger partial charge in [-0.15, -0.1) is 0 Å². The summed E-state index contributed by atoms with van der Waals surface area (Å²) < 4.78 is 11.1. The van der Waals surface area contributed by atoms with Gasteiger partial charge in [-0.1, -0.05) is 180 Å². The van der Waals surface area contributed by atoms with Crippen molar-refractivity contribution < 1.29 is 39.8 Å². The third kappa shape index (κ3) is 32.8. The van der Waals surface area contributed by atoms with E-state index in [0.717, 1.165) is 128 Å². The number of carbonyl (C=O) groups excluding carboxylic acids is 1. The average molecular weight is 878 g/mol. The van der Waals surface area contributed by atoms with E-state index in [0.29, 0.717) is 12.8 Å². The Kier molecular flexibility index (Phi) is 38.9. The summed E-state index contributed by atoms with van der Waals surface area (Å²) >= 11 is 0. The number of allylic oxidation sites excluding steroid dienone is 20. The first-order chi connectivity index (χ1) is 30.8. The molecule has 0 aromatic carbocycles. The average Bonchev–Trinajstić information content (AvgIpc) is 3.28. The molecule has 1 heterocycles. The topological polar surface area (TPSA) is 149 Å². The Balaban J connectivity index is 2.15. The Bertz CT molecular complexity index is 1390. The molecule has 7 atom stereocenters. The van der Waals surface area contributed by atoms with E-state index in [1.807, 2.05) is 0 Å². The molecular formula is C54H87NO8. The van der Waals surface area contributed by atoms with Gasteiger partial charge in [-0.25, -0.2) is 0 Å². The molecule has 7 unspecified atom stereocenters. The zero-order chi connectivity index (χ0) is 45.9. The first-order valence-corrected chi connectivity index (χ1v) is 24.2. The van der Waals surface area contributed by atoms with E-state index >= 15 is 0 Å². The molecule has 1 fully saturated rings. The number of aliphatic hydroxyl groups is 5. The number of aliphatic hydroxyl groups excluding tert-OH is 5. The number of ether oxygens (including phenoxy) is 2. The molecule has 0 spiro atoms. The van der Waals surface area contributed by atoms with Crippen LogP contribution in [-0.4, -0.2) is 87.5 Å². The molecule has 356 valence electrons. The van der Waals surface area contributed by atoms with Crippen molar-refractivity contribution in [2.24, 2.45) is 0 Å². The Hall–Kier alpha value is -3.41. The van der Waals surface area contributed by atoms with Crippen molar-refractivity contribution >= 4 is 5.91 Å². The van der Waals surface area contributed by atoms with Gasteiger partial charge in [-0.2, -0.15) is 0 Å². The maximum atomic E-state index is 12.9. The molecule has 9 nitrogen and oxygen atoms in total. The van der Waals surface area contributed by atoms with Gasteiger partial charge in [0.05, 0.1) is 25.4 Å². The molecule has 1 aliphatic heterocycles. The normalized spacial score (nSPS) is 21.3. The SMILES string of the molecule is CC/C=C\C/C=C\C/C=C\C/C=C\C/C=C\C/C=C\C/C=C\C/C=C\C/C=C\C/C=C\CCCCCCC(=O)NC(COC1OC(CO)C(O)C(O)C1O)C(O)CCCCCCC. The number of nitrogens with one attached hydrogen (secondary N) is 1. The van der Waals surface area contributed by atoms with Crippen molar-refractivity contribution in [1.82, 2.24) is 5.32 Å². The summed E-state index contributed by atoms with van der Waals surface area (Å²) in [6, 6.07) is -0.737. The third-order valence-corrected chi connectivity index (χ3v) is 10.6. The highest BCUT2D eigenvalue weighted by Gasteiger charge is 2.44. The molecule has 1 rings (SSSR count). The highest BCUT2D eigenvalue weighted by atomic mass is 16.7.